The maximum atomic E-state index is 13.1. The van der Waals surface area contributed by atoms with Crippen molar-refractivity contribution in [3.8, 4) is 11.3 Å². The maximum absolute atomic E-state index is 13.1. The van der Waals surface area contributed by atoms with Gasteiger partial charge in [0.05, 0.1) is 12.3 Å². The average molecular weight is 546 g/mol. The first-order valence-electron chi connectivity index (χ1n) is 9.54. The maximum Gasteiger partial charge on any atom is 1.00 e. The fourth-order valence-corrected chi connectivity index (χ4v) is 5.53. The number of phosphoric acid groups is 1. The van der Waals surface area contributed by atoms with Crippen LogP contribution in [0.1, 0.15) is 6.23 Å². The molecule has 0 amide bonds. The Morgan fingerprint density at radius 1 is 1.27 bits per heavy atom. The third-order valence-corrected chi connectivity index (χ3v) is 7.03. The van der Waals surface area contributed by atoms with Gasteiger partial charge < -0.3 is 28.8 Å². The van der Waals surface area contributed by atoms with Gasteiger partial charge in [-0.15, -0.1) is 0 Å². The Balaban J connectivity index is 0.00000228. The zero-order valence-electron chi connectivity index (χ0n) is 17.0. The van der Waals surface area contributed by atoms with Crippen LogP contribution in [0.15, 0.2) is 46.1 Å². The number of H-pyrrole nitrogens is 1. The van der Waals surface area contributed by atoms with Crippen molar-refractivity contribution in [1.82, 2.24) is 23.9 Å². The Hall–Kier alpha value is -1.38. The summed E-state index contributed by atoms with van der Waals surface area (Å²) in [5.41, 5.74) is 1.34. The van der Waals surface area contributed by atoms with Crippen molar-refractivity contribution in [1.29, 1.82) is 0 Å². The van der Waals surface area contributed by atoms with E-state index in [4.69, 9.17) is 9.26 Å². The topological polar surface area (TPSA) is 156 Å². The van der Waals surface area contributed by atoms with E-state index < -0.39 is 37.9 Å². The number of aromatic nitrogens is 5. The van der Waals surface area contributed by atoms with Gasteiger partial charge in [-0.05, 0) is 21.5 Å². The van der Waals surface area contributed by atoms with E-state index >= 15 is 0 Å². The molecule has 0 radical (unpaired) electrons. The number of imidazole rings is 2. The predicted octanol–water partition coefficient (Wildman–Crippen LogP) is -2.05. The zero-order valence-corrected chi connectivity index (χ0v) is 21.5. The molecule has 4 aromatic rings. The Kier molecular flexibility index (Phi) is 5.93. The fraction of sp³-hybridized carbons (Fsp3) is 0.278. The van der Waals surface area contributed by atoms with Crippen molar-refractivity contribution in [2.75, 3.05) is 6.61 Å². The predicted molar refractivity (Wildman–Crippen MR) is 111 cm³/mol. The smallest absolute Gasteiger partial charge is 0.756 e. The number of ether oxygens (including phenoxy) is 1. The van der Waals surface area contributed by atoms with Crippen LogP contribution >= 0.6 is 23.8 Å². The van der Waals surface area contributed by atoms with Crippen LogP contribution in [-0.4, -0.2) is 53.9 Å². The third kappa shape index (κ3) is 3.76. The van der Waals surface area contributed by atoms with E-state index in [9.17, 15) is 19.4 Å². The molecule has 166 valence electrons. The Bertz CT molecular complexity index is 1470. The van der Waals surface area contributed by atoms with Gasteiger partial charge in [-0.2, -0.15) is 4.98 Å². The van der Waals surface area contributed by atoms with Crippen LogP contribution in [0.5, 0.6) is 0 Å². The molecule has 3 aromatic heterocycles. The summed E-state index contributed by atoms with van der Waals surface area (Å²) in [5.74, 6) is 0.267. The standard InChI is InChI=1S/C18H15BrN5O7P.Na/c19-17-21-11-14(24(17)16-12(25)13-10(30-16)7-29-32(27,28)31-13)22-18-20-9(6-23(18)15(11)26)8-4-2-1-3-5-8;/h1-6,10,12-13,16,25H,7H2,(H,20,22)(H,27,28);/q;+1/p-1/t10-,12-,13-,16-;/m1./s1. The van der Waals surface area contributed by atoms with E-state index in [0.717, 1.165) is 5.56 Å². The van der Waals surface area contributed by atoms with Gasteiger partial charge >= 0.3 is 29.6 Å². The molecule has 5 heterocycles. The number of aliphatic hydroxyl groups is 1. The molecule has 0 aliphatic carbocycles. The van der Waals surface area contributed by atoms with E-state index in [-0.39, 0.29) is 57.8 Å². The first kappa shape index (κ1) is 23.4. The molecule has 1 aromatic carbocycles. The number of aromatic amines is 1. The molecule has 1 unspecified atom stereocenters. The number of nitrogens with one attached hydrogen (secondary N) is 1. The Morgan fingerprint density at radius 3 is 2.79 bits per heavy atom. The zero-order chi connectivity index (χ0) is 22.2. The van der Waals surface area contributed by atoms with Crippen LogP contribution in [0.4, 0.5) is 0 Å². The van der Waals surface area contributed by atoms with Gasteiger partial charge in [0.15, 0.2) is 22.1 Å². The molecule has 2 aliphatic heterocycles. The van der Waals surface area contributed by atoms with Gasteiger partial charge in [0.1, 0.15) is 18.3 Å². The number of rotatable bonds is 2. The van der Waals surface area contributed by atoms with E-state index in [1.54, 1.807) is 6.20 Å². The van der Waals surface area contributed by atoms with Crippen molar-refractivity contribution < 1.29 is 57.9 Å². The van der Waals surface area contributed by atoms with Gasteiger partial charge in [0, 0.05) is 6.20 Å². The van der Waals surface area contributed by atoms with E-state index in [1.165, 1.54) is 8.97 Å². The number of hydrogen-bond donors (Lipinski definition) is 2. The number of fused-ring (bicyclic) bond motifs is 3. The number of phosphoric ester groups is 1. The Labute approximate surface area is 215 Å². The molecule has 0 spiro atoms. The second kappa shape index (κ2) is 8.38. The second-order valence-electron chi connectivity index (χ2n) is 7.44. The van der Waals surface area contributed by atoms with Crippen LogP contribution in [0.2, 0.25) is 0 Å². The molecule has 2 aliphatic rings. The summed E-state index contributed by atoms with van der Waals surface area (Å²) < 4.78 is 29.9. The van der Waals surface area contributed by atoms with Crippen LogP contribution in [-0.2, 0) is 18.3 Å². The summed E-state index contributed by atoms with van der Waals surface area (Å²) >= 11 is 3.29. The number of aliphatic hydroxyl groups excluding tert-OH is 1. The molecule has 0 saturated carbocycles. The molecule has 0 bridgehead atoms. The summed E-state index contributed by atoms with van der Waals surface area (Å²) in [6.07, 6.45) is -2.82. The minimum Gasteiger partial charge on any atom is -0.756 e. The quantitative estimate of drug-likeness (QED) is 0.164. The molecule has 5 atom stereocenters. The number of nitrogens with zero attached hydrogens (tertiary/aromatic N) is 4. The number of hydrogen-bond acceptors (Lipinski definition) is 9. The largest absolute Gasteiger partial charge is 1.00 e. The normalized spacial score (nSPS) is 29.3. The van der Waals surface area contributed by atoms with Gasteiger partial charge in [-0.3, -0.25) is 13.9 Å². The number of benzene rings is 1. The third-order valence-electron chi connectivity index (χ3n) is 5.51. The van der Waals surface area contributed by atoms with Crippen molar-refractivity contribution in [3.05, 3.63) is 51.6 Å². The van der Waals surface area contributed by atoms with Crippen LogP contribution in [0.3, 0.4) is 0 Å². The van der Waals surface area contributed by atoms with Crippen molar-refractivity contribution in [2.45, 2.75) is 24.5 Å². The summed E-state index contributed by atoms with van der Waals surface area (Å²) in [5, 5.41) is 10.8. The number of halogens is 1. The van der Waals surface area contributed by atoms with E-state index in [0.29, 0.717) is 5.69 Å². The summed E-state index contributed by atoms with van der Waals surface area (Å²) in [7, 11) is -4.52. The summed E-state index contributed by atoms with van der Waals surface area (Å²) in [4.78, 5) is 36.7. The van der Waals surface area contributed by atoms with Gasteiger partial charge in [0.2, 0.25) is 5.78 Å². The van der Waals surface area contributed by atoms with Crippen molar-refractivity contribution in [3.63, 3.8) is 0 Å². The SMILES string of the molecule is O=c1c2nc(Br)n([C@@H]3O[C@@H]4COP(=O)([O-])O[C@H]4[C@H]3O)c2nc2[nH]c(-c3ccccc3)cn12.[Na+]. The molecular formula is C18H14BrN5NaO7P. The minimum atomic E-state index is -4.52. The summed E-state index contributed by atoms with van der Waals surface area (Å²) in [6.45, 7) is -0.291. The molecular weight excluding hydrogens is 532 g/mol. The molecule has 15 heteroatoms. The summed E-state index contributed by atoms with van der Waals surface area (Å²) in [6, 6.07) is 9.44. The van der Waals surface area contributed by atoms with E-state index in [1.807, 2.05) is 30.3 Å². The molecule has 2 N–H and O–H groups in total. The van der Waals surface area contributed by atoms with Gasteiger partial charge in [-0.1, -0.05) is 30.3 Å². The molecule has 2 saturated heterocycles. The van der Waals surface area contributed by atoms with Crippen molar-refractivity contribution in [2.24, 2.45) is 0 Å². The first-order valence-corrected chi connectivity index (χ1v) is 11.8. The first-order chi connectivity index (χ1) is 15.3. The Morgan fingerprint density at radius 2 is 2.03 bits per heavy atom. The minimum absolute atomic E-state index is 0. The molecule has 33 heavy (non-hydrogen) atoms. The molecule has 2 fully saturated rings. The van der Waals surface area contributed by atoms with Crippen LogP contribution in [0.25, 0.3) is 28.2 Å². The van der Waals surface area contributed by atoms with Gasteiger partial charge in [-0.25, -0.2) is 9.38 Å². The average Bonchev–Trinajstić information content (AvgIpc) is 3.43. The second-order valence-corrected chi connectivity index (χ2v) is 9.51. The van der Waals surface area contributed by atoms with Crippen LogP contribution in [0, 0.1) is 0 Å². The van der Waals surface area contributed by atoms with E-state index in [2.05, 4.69) is 35.4 Å². The fourth-order valence-electron chi connectivity index (χ4n) is 4.03. The van der Waals surface area contributed by atoms with Crippen LogP contribution < -0.4 is 40.0 Å². The van der Waals surface area contributed by atoms with Crippen molar-refractivity contribution >= 4 is 40.7 Å². The monoisotopic (exact) mass is 545 g/mol. The molecule has 6 rings (SSSR count). The molecule has 12 nitrogen and oxygen atoms in total. The van der Waals surface area contributed by atoms with Gasteiger partial charge in [0.25, 0.3) is 13.4 Å².